The molecule has 0 aliphatic carbocycles. The van der Waals surface area contributed by atoms with Gasteiger partial charge in [0.1, 0.15) is 0 Å². The third-order valence-electron chi connectivity index (χ3n) is 6.25. The number of nitrogens with one attached hydrogen (secondary N) is 1. The van der Waals surface area contributed by atoms with Gasteiger partial charge in [-0.05, 0) is 67.8 Å². The van der Waals surface area contributed by atoms with Crippen LogP contribution in [0.5, 0.6) is 0 Å². The van der Waals surface area contributed by atoms with E-state index in [4.69, 9.17) is 0 Å². The van der Waals surface area contributed by atoms with E-state index < -0.39 is 20.0 Å². The summed E-state index contributed by atoms with van der Waals surface area (Å²) in [5, 5.41) is 0.923. The highest BCUT2D eigenvalue weighted by molar-refractivity contribution is 7.93. The molecule has 5 rings (SSSR count). The second-order valence-electron chi connectivity index (χ2n) is 8.83. The van der Waals surface area contributed by atoms with Gasteiger partial charge in [0.15, 0.2) is 5.82 Å². The molecule has 0 unspecified atom stereocenters. The van der Waals surface area contributed by atoms with Crippen LogP contribution in [0.1, 0.15) is 24.8 Å². The Hall–Kier alpha value is -3.50. The van der Waals surface area contributed by atoms with Gasteiger partial charge in [-0.1, -0.05) is 30.7 Å². The molecule has 0 saturated carbocycles. The number of hydrogen-bond acceptors (Lipinski definition) is 6. The van der Waals surface area contributed by atoms with Crippen molar-refractivity contribution in [3.63, 3.8) is 0 Å². The molecule has 1 aliphatic rings. The number of aryl methyl sites for hydroxylation is 1. The summed E-state index contributed by atoms with van der Waals surface area (Å²) in [6, 6.07) is 18.8. The number of benzene rings is 3. The van der Waals surface area contributed by atoms with Crippen molar-refractivity contribution in [1.82, 2.24) is 9.97 Å². The van der Waals surface area contributed by atoms with Crippen LogP contribution < -0.4 is 9.03 Å². The van der Waals surface area contributed by atoms with E-state index in [1.54, 1.807) is 30.5 Å². The van der Waals surface area contributed by atoms with Gasteiger partial charge in [0.25, 0.3) is 10.0 Å². The van der Waals surface area contributed by atoms with Crippen LogP contribution in [0.25, 0.3) is 22.3 Å². The molecular formula is C26H26N4O4S2. The summed E-state index contributed by atoms with van der Waals surface area (Å²) in [5.41, 5.74) is 3.30. The topological polar surface area (TPSA) is 109 Å². The van der Waals surface area contributed by atoms with Gasteiger partial charge in [-0.15, -0.1) is 0 Å². The Morgan fingerprint density at radius 2 is 1.72 bits per heavy atom. The Labute approximate surface area is 211 Å². The first-order chi connectivity index (χ1) is 17.2. The lowest BCUT2D eigenvalue weighted by molar-refractivity contribution is 0.592. The van der Waals surface area contributed by atoms with E-state index >= 15 is 0 Å². The van der Waals surface area contributed by atoms with Gasteiger partial charge in [-0.2, -0.15) is 0 Å². The standard InChI is InChI=1S/C26H26N4O4S2/c1-19-9-10-21(17-24(19)26-27-18-20-7-3-4-8-25(20)28-26)29-36(33,34)23-13-11-22(12-14-23)30-15-5-2-6-16-35(30,31)32/h3-4,7-14,17-18,29H,2,5-6,15-16H2,1H3. The van der Waals surface area contributed by atoms with Crippen LogP contribution >= 0.6 is 0 Å². The smallest absolute Gasteiger partial charge is 0.261 e. The van der Waals surface area contributed by atoms with Crippen LogP contribution in [0.3, 0.4) is 0 Å². The molecule has 2 heterocycles. The molecular weight excluding hydrogens is 496 g/mol. The molecule has 3 aromatic carbocycles. The van der Waals surface area contributed by atoms with Gasteiger partial charge < -0.3 is 0 Å². The predicted molar refractivity (Wildman–Crippen MR) is 142 cm³/mol. The van der Waals surface area contributed by atoms with Gasteiger partial charge in [0.05, 0.1) is 21.9 Å². The molecule has 0 amide bonds. The number of fused-ring (bicyclic) bond motifs is 1. The van der Waals surface area contributed by atoms with Crippen LogP contribution in [-0.4, -0.2) is 39.1 Å². The fourth-order valence-corrected chi connectivity index (χ4v) is 6.98. The SMILES string of the molecule is Cc1ccc(NS(=O)(=O)c2ccc(N3CCCCCS3(=O)=O)cc2)cc1-c1ncc2ccccc2n1. The first-order valence-electron chi connectivity index (χ1n) is 11.7. The van der Waals surface area contributed by atoms with Gasteiger partial charge in [-0.25, -0.2) is 26.8 Å². The molecule has 8 nitrogen and oxygen atoms in total. The Balaban J connectivity index is 1.41. The quantitative estimate of drug-likeness (QED) is 0.406. The van der Waals surface area contributed by atoms with E-state index in [9.17, 15) is 16.8 Å². The molecule has 0 radical (unpaired) electrons. The number of rotatable bonds is 5. The highest BCUT2D eigenvalue weighted by Gasteiger charge is 2.25. The molecule has 1 fully saturated rings. The van der Waals surface area contributed by atoms with Crippen LogP contribution in [-0.2, 0) is 20.0 Å². The summed E-state index contributed by atoms with van der Waals surface area (Å²) in [7, 11) is -7.30. The lowest BCUT2D eigenvalue weighted by Gasteiger charge is -2.22. The van der Waals surface area contributed by atoms with Crippen LogP contribution in [0.15, 0.2) is 77.8 Å². The molecule has 0 spiro atoms. The molecule has 4 aromatic rings. The highest BCUT2D eigenvalue weighted by atomic mass is 32.2. The monoisotopic (exact) mass is 522 g/mol. The molecule has 0 bridgehead atoms. The maximum Gasteiger partial charge on any atom is 0.261 e. The summed E-state index contributed by atoms with van der Waals surface area (Å²) in [4.78, 5) is 9.14. The number of anilines is 2. The third-order valence-corrected chi connectivity index (χ3v) is 9.52. The van der Waals surface area contributed by atoms with Crippen LogP contribution in [0.4, 0.5) is 11.4 Å². The summed E-state index contributed by atoms with van der Waals surface area (Å²) >= 11 is 0. The van der Waals surface area contributed by atoms with Crippen LogP contribution in [0, 0.1) is 6.92 Å². The van der Waals surface area contributed by atoms with Gasteiger partial charge in [-0.3, -0.25) is 9.03 Å². The average molecular weight is 523 g/mol. The number of sulfonamides is 2. The minimum absolute atomic E-state index is 0.0440. The summed E-state index contributed by atoms with van der Waals surface area (Å²) in [6.07, 6.45) is 4.02. The van der Waals surface area contributed by atoms with Crippen molar-refractivity contribution >= 4 is 42.3 Å². The van der Waals surface area contributed by atoms with Crippen molar-refractivity contribution in [1.29, 1.82) is 0 Å². The largest absolute Gasteiger partial charge is 0.280 e. The van der Waals surface area contributed by atoms with Crippen molar-refractivity contribution in [2.45, 2.75) is 31.1 Å². The molecule has 186 valence electrons. The van der Waals surface area contributed by atoms with Crippen molar-refractivity contribution in [2.75, 3.05) is 21.3 Å². The zero-order valence-electron chi connectivity index (χ0n) is 19.8. The van der Waals surface area contributed by atoms with E-state index in [2.05, 4.69) is 14.7 Å². The normalized spacial score (nSPS) is 16.0. The minimum Gasteiger partial charge on any atom is -0.280 e. The zero-order chi connectivity index (χ0) is 25.3. The summed E-state index contributed by atoms with van der Waals surface area (Å²) < 4.78 is 55.3. The second kappa shape index (κ2) is 9.51. The van der Waals surface area contributed by atoms with Gasteiger partial charge in [0.2, 0.25) is 10.0 Å². The molecule has 36 heavy (non-hydrogen) atoms. The maximum atomic E-state index is 13.1. The number of nitrogens with zero attached hydrogens (tertiary/aromatic N) is 3. The number of aromatic nitrogens is 2. The Kier molecular flexibility index (Phi) is 6.40. The maximum absolute atomic E-state index is 13.1. The van der Waals surface area contributed by atoms with Crippen LogP contribution in [0.2, 0.25) is 0 Å². The first kappa shape index (κ1) is 24.2. The molecule has 1 aromatic heterocycles. The van der Waals surface area contributed by atoms with Crippen molar-refractivity contribution in [3.05, 3.63) is 78.5 Å². The van der Waals surface area contributed by atoms with E-state index in [1.807, 2.05) is 37.3 Å². The number of hydrogen-bond donors (Lipinski definition) is 1. The van der Waals surface area contributed by atoms with Crippen molar-refractivity contribution in [2.24, 2.45) is 0 Å². The minimum atomic E-state index is -3.90. The fraction of sp³-hybridized carbons (Fsp3) is 0.231. The Bertz CT molecular complexity index is 1640. The van der Waals surface area contributed by atoms with Crippen molar-refractivity contribution < 1.29 is 16.8 Å². The fourth-order valence-electron chi connectivity index (χ4n) is 4.29. The van der Waals surface area contributed by atoms with E-state index in [-0.39, 0.29) is 10.6 Å². The van der Waals surface area contributed by atoms with Crippen molar-refractivity contribution in [3.8, 4) is 11.4 Å². The predicted octanol–water partition coefficient (Wildman–Crippen LogP) is 4.73. The van der Waals surface area contributed by atoms with E-state index in [0.29, 0.717) is 30.2 Å². The molecule has 1 saturated heterocycles. The summed E-state index contributed by atoms with van der Waals surface area (Å²) in [6.45, 7) is 2.32. The van der Waals surface area contributed by atoms with Gasteiger partial charge >= 0.3 is 0 Å². The molecule has 1 aliphatic heterocycles. The highest BCUT2D eigenvalue weighted by Crippen LogP contribution is 2.28. The molecule has 10 heteroatoms. The van der Waals surface area contributed by atoms with E-state index in [1.165, 1.54) is 16.4 Å². The Morgan fingerprint density at radius 1 is 0.944 bits per heavy atom. The zero-order valence-corrected chi connectivity index (χ0v) is 21.4. The molecule has 1 N–H and O–H groups in total. The lowest BCUT2D eigenvalue weighted by atomic mass is 10.1. The lowest BCUT2D eigenvalue weighted by Crippen LogP contribution is -2.32. The second-order valence-corrected chi connectivity index (χ2v) is 12.5. The Morgan fingerprint density at radius 3 is 2.53 bits per heavy atom. The summed E-state index contributed by atoms with van der Waals surface area (Å²) in [5.74, 6) is 0.612. The van der Waals surface area contributed by atoms with E-state index in [0.717, 1.165) is 34.9 Å². The number of para-hydroxylation sites is 1. The average Bonchev–Trinajstić information content (AvgIpc) is 3.05. The molecule has 0 atom stereocenters. The third kappa shape index (κ3) is 4.91. The van der Waals surface area contributed by atoms with Gasteiger partial charge in [0, 0.05) is 29.4 Å². The first-order valence-corrected chi connectivity index (χ1v) is 14.8.